The Balaban J connectivity index is 1.51. The summed E-state index contributed by atoms with van der Waals surface area (Å²) in [5.74, 6) is 0. The van der Waals surface area contributed by atoms with Gasteiger partial charge in [0.1, 0.15) is 0 Å². The molecule has 3 nitrogen and oxygen atoms in total. The predicted octanol–water partition coefficient (Wildman–Crippen LogP) is 4.11. The van der Waals surface area contributed by atoms with Crippen molar-refractivity contribution in [3.8, 4) is 0 Å². The van der Waals surface area contributed by atoms with Crippen LogP contribution in [0.3, 0.4) is 0 Å². The molecular weight excluding hydrogens is 322 g/mol. The van der Waals surface area contributed by atoms with Gasteiger partial charge in [0, 0.05) is 28.6 Å². The highest BCUT2D eigenvalue weighted by Crippen LogP contribution is 2.28. The van der Waals surface area contributed by atoms with Crippen molar-refractivity contribution < 1.29 is 0 Å². The Morgan fingerprint density at radius 2 is 2.16 bits per heavy atom. The van der Waals surface area contributed by atoms with Crippen LogP contribution < -0.4 is 5.32 Å². The third-order valence-electron chi connectivity index (χ3n) is 3.65. The summed E-state index contributed by atoms with van der Waals surface area (Å²) >= 11 is 5.33. The van der Waals surface area contributed by atoms with Gasteiger partial charge in [0.05, 0.1) is 11.7 Å². The Morgan fingerprint density at radius 1 is 1.32 bits per heavy atom. The second-order valence-electron chi connectivity index (χ2n) is 5.02. The minimum Gasteiger partial charge on any atom is -0.306 e. The minimum atomic E-state index is 0.639. The summed E-state index contributed by atoms with van der Waals surface area (Å²) in [6.45, 7) is 1.73. The Bertz CT molecular complexity index is 528. The second-order valence-corrected chi connectivity index (χ2v) is 6.88. The van der Waals surface area contributed by atoms with E-state index in [2.05, 4.69) is 54.7 Å². The van der Waals surface area contributed by atoms with E-state index in [0.717, 1.165) is 18.8 Å². The summed E-state index contributed by atoms with van der Waals surface area (Å²) in [5.41, 5.74) is 1.14. The fraction of sp³-hybridized carbons (Fsp3) is 0.500. The van der Waals surface area contributed by atoms with Gasteiger partial charge in [-0.2, -0.15) is 5.10 Å². The number of aromatic nitrogens is 2. The number of nitrogens with zero attached hydrogens (tertiary/aromatic N) is 2. The van der Waals surface area contributed by atoms with E-state index in [-0.39, 0.29) is 0 Å². The van der Waals surface area contributed by atoms with Crippen LogP contribution in [0.25, 0.3) is 0 Å². The highest BCUT2D eigenvalue weighted by atomic mass is 79.9. The Morgan fingerprint density at radius 3 is 2.89 bits per heavy atom. The molecule has 0 radical (unpaired) electrons. The molecule has 0 spiro atoms. The highest BCUT2D eigenvalue weighted by Gasteiger charge is 2.17. The fourth-order valence-corrected chi connectivity index (χ4v) is 4.06. The average molecular weight is 340 g/mol. The molecule has 5 heteroatoms. The molecule has 0 amide bonds. The van der Waals surface area contributed by atoms with Crippen molar-refractivity contribution in [2.45, 2.75) is 44.8 Å². The summed E-state index contributed by atoms with van der Waals surface area (Å²) in [7, 11) is 0. The van der Waals surface area contributed by atoms with Gasteiger partial charge in [0.2, 0.25) is 0 Å². The molecule has 1 saturated carbocycles. The largest absolute Gasteiger partial charge is 0.306 e. The van der Waals surface area contributed by atoms with E-state index in [1.54, 1.807) is 11.3 Å². The van der Waals surface area contributed by atoms with E-state index in [1.807, 2.05) is 0 Å². The van der Waals surface area contributed by atoms with Crippen LogP contribution in [0, 0.1) is 0 Å². The van der Waals surface area contributed by atoms with E-state index in [4.69, 9.17) is 0 Å². The number of halogens is 1. The molecule has 1 aliphatic rings. The van der Waals surface area contributed by atoms with Crippen molar-refractivity contribution in [1.29, 1.82) is 0 Å². The number of hydrogen-bond donors (Lipinski definition) is 1. The van der Waals surface area contributed by atoms with Crippen molar-refractivity contribution >= 4 is 27.3 Å². The third-order valence-corrected chi connectivity index (χ3v) is 5.57. The zero-order chi connectivity index (χ0) is 13.1. The molecule has 0 saturated heterocycles. The molecule has 0 unspecified atom stereocenters. The summed E-state index contributed by atoms with van der Waals surface area (Å²) in [6.07, 6.45) is 7.41. The normalized spacial score (nSPS) is 16.3. The molecule has 0 aromatic carbocycles. The predicted molar refractivity (Wildman–Crippen MR) is 82.3 cm³/mol. The molecule has 3 rings (SSSR count). The van der Waals surface area contributed by atoms with E-state index in [1.165, 1.54) is 35.0 Å². The van der Waals surface area contributed by atoms with Crippen molar-refractivity contribution in [3.63, 3.8) is 0 Å². The van der Waals surface area contributed by atoms with Gasteiger partial charge in [-0.25, -0.2) is 0 Å². The lowest BCUT2D eigenvalue weighted by molar-refractivity contribution is 0.461. The van der Waals surface area contributed by atoms with E-state index in [0.29, 0.717) is 6.04 Å². The van der Waals surface area contributed by atoms with Gasteiger partial charge in [0.25, 0.3) is 0 Å². The monoisotopic (exact) mass is 339 g/mol. The second kappa shape index (κ2) is 6.20. The van der Waals surface area contributed by atoms with Gasteiger partial charge in [-0.1, -0.05) is 12.8 Å². The van der Waals surface area contributed by atoms with Crippen molar-refractivity contribution in [3.05, 3.63) is 38.8 Å². The van der Waals surface area contributed by atoms with Crippen molar-refractivity contribution in [2.75, 3.05) is 0 Å². The highest BCUT2D eigenvalue weighted by molar-refractivity contribution is 9.10. The van der Waals surface area contributed by atoms with Crippen LogP contribution in [0.2, 0.25) is 0 Å². The topological polar surface area (TPSA) is 29.9 Å². The maximum Gasteiger partial charge on any atom is 0.0762 e. The first-order valence-electron chi connectivity index (χ1n) is 6.79. The van der Waals surface area contributed by atoms with Crippen LogP contribution in [0.15, 0.2) is 28.2 Å². The lowest BCUT2D eigenvalue weighted by atomic mass is 10.3. The average Bonchev–Trinajstić information content (AvgIpc) is 3.11. The van der Waals surface area contributed by atoms with Crippen LogP contribution in [0.4, 0.5) is 0 Å². The molecule has 2 heterocycles. The first-order valence-corrected chi connectivity index (χ1v) is 8.47. The van der Waals surface area contributed by atoms with Gasteiger partial charge >= 0.3 is 0 Å². The summed E-state index contributed by atoms with van der Waals surface area (Å²) in [5, 5.41) is 10.2. The van der Waals surface area contributed by atoms with E-state index in [9.17, 15) is 0 Å². The third kappa shape index (κ3) is 3.27. The van der Waals surface area contributed by atoms with Gasteiger partial charge in [0.15, 0.2) is 0 Å². The molecule has 19 heavy (non-hydrogen) atoms. The smallest absolute Gasteiger partial charge is 0.0762 e. The van der Waals surface area contributed by atoms with Crippen LogP contribution in [0.5, 0.6) is 0 Å². The maximum atomic E-state index is 4.68. The van der Waals surface area contributed by atoms with Crippen LogP contribution >= 0.6 is 27.3 Å². The summed E-state index contributed by atoms with van der Waals surface area (Å²) in [4.78, 5) is 1.34. The van der Waals surface area contributed by atoms with Crippen LogP contribution in [-0.2, 0) is 13.1 Å². The van der Waals surface area contributed by atoms with E-state index >= 15 is 0 Å². The van der Waals surface area contributed by atoms with Crippen LogP contribution in [-0.4, -0.2) is 9.78 Å². The maximum absolute atomic E-state index is 4.68. The van der Waals surface area contributed by atoms with Gasteiger partial charge in [-0.05, 0) is 46.3 Å². The molecule has 2 aromatic rings. The fourth-order valence-electron chi connectivity index (χ4n) is 2.60. The van der Waals surface area contributed by atoms with E-state index < -0.39 is 0 Å². The molecule has 0 bridgehead atoms. The number of hydrogen-bond acceptors (Lipinski definition) is 3. The number of thiophene rings is 1. The Kier molecular flexibility index (Phi) is 4.35. The van der Waals surface area contributed by atoms with Gasteiger partial charge in [-0.15, -0.1) is 11.3 Å². The SMILES string of the molecule is Brc1ccsc1CNCc1ccn(C2CCCC2)n1. The lowest BCUT2D eigenvalue weighted by Crippen LogP contribution is -2.13. The first-order chi connectivity index (χ1) is 9.33. The van der Waals surface area contributed by atoms with Crippen LogP contribution in [0.1, 0.15) is 42.3 Å². The minimum absolute atomic E-state index is 0.639. The molecule has 2 aromatic heterocycles. The van der Waals surface area contributed by atoms with Crippen molar-refractivity contribution in [1.82, 2.24) is 15.1 Å². The van der Waals surface area contributed by atoms with Gasteiger partial charge in [-0.3, -0.25) is 4.68 Å². The van der Waals surface area contributed by atoms with Gasteiger partial charge < -0.3 is 5.32 Å². The quantitative estimate of drug-likeness (QED) is 0.888. The lowest BCUT2D eigenvalue weighted by Gasteiger charge is -2.08. The molecule has 1 aliphatic carbocycles. The van der Waals surface area contributed by atoms with Crippen molar-refractivity contribution in [2.24, 2.45) is 0 Å². The summed E-state index contributed by atoms with van der Waals surface area (Å²) in [6, 6.07) is 4.87. The zero-order valence-corrected chi connectivity index (χ0v) is 13.2. The zero-order valence-electron chi connectivity index (χ0n) is 10.8. The molecule has 102 valence electrons. The number of nitrogens with one attached hydrogen (secondary N) is 1. The number of rotatable bonds is 5. The first kappa shape index (κ1) is 13.3. The molecular formula is C14H18BrN3S. The molecule has 0 atom stereocenters. The molecule has 1 N–H and O–H groups in total. The Labute approximate surface area is 126 Å². The molecule has 0 aliphatic heterocycles. The standard InChI is InChI=1S/C14H18BrN3S/c15-13-6-8-19-14(13)10-16-9-11-5-7-18(17-11)12-3-1-2-4-12/h5-8,12,16H,1-4,9-10H2. The summed E-state index contributed by atoms with van der Waals surface area (Å²) < 4.78 is 3.35. The Hall–Kier alpha value is -0.650. The molecule has 1 fully saturated rings.